The number of carbonyl (C=O) groups excluding carboxylic acids is 2. The number of hydrogen-bond acceptors (Lipinski definition) is 2. The van der Waals surface area contributed by atoms with E-state index in [1.807, 2.05) is 0 Å². The summed E-state index contributed by atoms with van der Waals surface area (Å²) in [5.41, 5.74) is 0.0640. The number of benzene rings is 1. The first kappa shape index (κ1) is 11.7. The molecule has 17 heavy (non-hydrogen) atoms. The highest BCUT2D eigenvalue weighted by Crippen LogP contribution is 2.20. The molecule has 1 aliphatic heterocycles. The van der Waals surface area contributed by atoms with E-state index in [1.165, 1.54) is 13.0 Å². The second kappa shape index (κ2) is 4.24. The van der Waals surface area contributed by atoms with Crippen LogP contribution in [-0.4, -0.2) is 16.7 Å². The Kier molecular flexibility index (Phi) is 2.92. The van der Waals surface area contributed by atoms with Crippen LogP contribution in [0.25, 0.3) is 0 Å². The predicted molar refractivity (Wildman–Crippen MR) is 55.9 cm³/mol. The van der Waals surface area contributed by atoms with E-state index in [0.29, 0.717) is 0 Å². The van der Waals surface area contributed by atoms with Gasteiger partial charge in [0.15, 0.2) is 0 Å². The molecular weight excluding hydrogens is 228 g/mol. The molecule has 0 unspecified atom stereocenters. The predicted octanol–water partition coefficient (Wildman–Crippen LogP) is 1.92. The third kappa shape index (κ3) is 2.05. The SMILES string of the molecule is Cc1c(F)ccc(CN2C(=O)CCC2=O)c1F. The van der Waals surface area contributed by atoms with Gasteiger partial charge in [-0.15, -0.1) is 0 Å². The second-order valence-corrected chi connectivity index (χ2v) is 4.02. The minimum atomic E-state index is -0.697. The molecule has 0 saturated carbocycles. The summed E-state index contributed by atoms with van der Waals surface area (Å²) in [5, 5.41) is 0. The van der Waals surface area contributed by atoms with Crippen molar-refractivity contribution in [2.24, 2.45) is 0 Å². The second-order valence-electron chi connectivity index (χ2n) is 4.02. The van der Waals surface area contributed by atoms with Gasteiger partial charge in [0, 0.05) is 24.0 Å². The molecule has 1 aromatic rings. The first-order valence-corrected chi connectivity index (χ1v) is 5.27. The van der Waals surface area contributed by atoms with Gasteiger partial charge < -0.3 is 0 Å². The minimum Gasteiger partial charge on any atom is -0.278 e. The molecule has 1 aliphatic rings. The van der Waals surface area contributed by atoms with Crippen LogP contribution in [-0.2, 0) is 16.1 Å². The molecule has 1 aromatic carbocycles. The molecule has 1 saturated heterocycles. The molecule has 0 aromatic heterocycles. The van der Waals surface area contributed by atoms with Gasteiger partial charge >= 0.3 is 0 Å². The molecule has 0 radical (unpaired) electrons. The lowest BCUT2D eigenvalue weighted by Gasteiger charge is -2.15. The van der Waals surface area contributed by atoms with Crippen molar-refractivity contribution < 1.29 is 18.4 Å². The minimum absolute atomic E-state index is 0.0957. The molecule has 0 aliphatic carbocycles. The molecule has 0 spiro atoms. The molecule has 3 nitrogen and oxygen atoms in total. The average molecular weight is 239 g/mol. The highest BCUT2D eigenvalue weighted by Gasteiger charge is 2.29. The van der Waals surface area contributed by atoms with Gasteiger partial charge in [-0.1, -0.05) is 6.07 Å². The Morgan fingerprint density at radius 3 is 2.35 bits per heavy atom. The average Bonchev–Trinajstić information content (AvgIpc) is 2.61. The molecule has 0 N–H and O–H groups in total. The molecule has 2 amide bonds. The van der Waals surface area contributed by atoms with Crippen molar-refractivity contribution in [2.75, 3.05) is 0 Å². The van der Waals surface area contributed by atoms with Gasteiger partial charge in [0.2, 0.25) is 11.8 Å². The first-order chi connectivity index (χ1) is 8.00. The number of imide groups is 1. The van der Waals surface area contributed by atoms with Crippen LogP contribution in [0.4, 0.5) is 8.78 Å². The molecule has 2 rings (SSSR count). The van der Waals surface area contributed by atoms with Crippen molar-refractivity contribution in [3.05, 3.63) is 34.9 Å². The van der Waals surface area contributed by atoms with E-state index in [1.54, 1.807) is 0 Å². The largest absolute Gasteiger partial charge is 0.278 e. The quantitative estimate of drug-likeness (QED) is 0.739. The van der Waals surface area contributed by atoms with Gasteiger partial charge in [0.05, 0.1) is 6.54 Å². The van der Waals surface area contributed by atoms with Gasteiger partial charge in [-0.2, -0.15) is 0 Å². The maximum atomic E-state index is 13.7. The fourth-order valence-corrected chi connectivity index (χ4v) is 1.81. The van der Waals surface area contributed by atoms with Crippen molar-refractivity contribution in [1.29, 1.82) is 0 Å². The van der Waals surface area contributed by atoms with E-state index in [0.717, 1.165) is 11.0 Å². The van der Waals surface area contributed by atoms with Crippen molar-refractivity contribution in [1.82, 2.24) is 4.90 Å². The Bertz CT molecular complexity index is 484. The summed E-state index contributed by atoms with van der Waals surface area (Å²) in [6.45, 7) is 1.20. The Hall–Kier alpha value is -1.78. The van der Waals surface area contributed by atoms with Crippen LogP contribution in [0.1, 0.15) is 24.0 Å². The maximum Gasteiger partial charge on any atom is 0.229 e. The van der Waals surface area contributed by atoms with Crippen molar-refractivity contribution in [2.45, 2.75) is 26.3 Å². The van der Waals surface area contributed by atoms with E-state index in [4.69, 9.17) is 0 Å². The number of likely N-dealkylation sites (tertiary alicyclic amines) is 1. The number of rotatable bonds is 2. The Balaban J connectivity index is 2.28. The number of carbonyl (C=O) groups is 2. The zero-order valence-corrected chi connectivity index (χ0v) is 9.30. The summed E-state index contributed by atoms with van der Waals surface area (Å²) in [5.74, 6) is -1.95. The highest BCUT2D eigenvalue weighted by atomic mass is 19.1. The Labute approximate surface area is 97.0 Å². The van der Waals surface area contributed by atoms with E-state index in [9.17, 15) is 18.4 Å². The van der Waals surface area contributed by atoms with Crippen molar-refractivity contribution in [3.8, 4) is 0 Å². The standard InChI is InChI=1S/C12H11F2NO2/c1-7-9(13)3-2-8(12(7)14)6-15-10(16)4-5-11(15)17/h2-3H,4-6H2,1H3. The molecule has 5 heteroatoms. The lowest BCUT2D eigenvalue weighted by atomic mass is 10.1. The van der Waals surface area contributed by atoms with Crippen LogP contribution in [0.2, 0.25) is 0 Å². The third-order valence-corrected chi connectivity index (χ3v) is 2.88. The van der Waals surface area contributed by atoms with Gasteiger partial charge in [-0.25, -0.2) is 8.78 Å². The van der Waals surface area contributed by atoms with Crippen LogP contribution < -0.4 is 0 Å². The van der Waals surface area contributed by atoms with Crippen LogP contribution in [0.15, 0.2) is 12.1 Å². The summed E-state index contributed by atoms with van der Waals surface area (Å²) in [4.78, 5) is 23.7. The molecule has 1 fully saturated rings. The summed E-state index contributed by atoms with van der Waals surface area (Å²) in [6.07, 6.45) is 0.335. The lowest BCUT2D eigenvalue weighted by Crippen LogP contribution is -2.28. The lowest BCUT2D eigenvalue weighted by molar-refractivity contribution is -0.139. The fraction of sp³-hybridized carbons (Fsp3) is 0.333. The van der Waals surface area contributed by atoms with Gasteiger partial charge in [0.25, 0.3) is 0 Å². The topological polar surface area (TPSA) is 37.4 Å². The Morgan fingerprint density at radius 1 is 1.18 bits per heavy atom. The van der Waals surface area contributed by atoms with Crippen LogP contribution in [0.5, 0.6) is 0 Å². The highest BCUT2D eigenvalue weighted by molar-refractivity contribution is 6.01. The van der Waals surface area contributed by atoms with Gasteiger partial charge in [0.1, 0.15) is 11.6 Å². The van der Waals surface area contributed by atoms with E-state index in [-0.39, 0.29) is 42.3 Å². The summed E-state index contributed by atoms with van der Waals surface area (Å²) in [6, 6.07) is 2.40. The van der Waals surface area contributed by atoms with Crippen molar-refractivity contribution >= 4 is 11.8 Å². The first-order valence-electron chi connectivity index (χ1n) is 5.27. The molecule has 0 atom stereocenters. The third-order valence-electron chi connectivity index (χ3n) is 2.88. The fourth-order valence-electron chi connectivity index (χ4n) is 1.81. The summed E-state index contributed by atoms with van der Waals surface area (Å²) >= 11 is 0. The zero-order chi connectivity index (χ0) is 12.6. The van der Waals surface area contributed by atoms with Gasteiger partial charge in [-0.05, 0) is 13.0 Å². The molecule has 90 valence electrons. The van der Waals surface area contributed by atoms with Crippen molar-refractivity contribution in [3.63, 3.8) is 0 Å². The van der Waals surface area contributed by atoms with E-state index >= 15 is 0 Å². The van der Waals surface area contributed by atoms with Crippen LogP contribution >= 0.6 is 0 Å². The number of amides is 2. The maximum absolute atomic E-state index is 13.7. The van der Waals surface area contributed by atoms with E-state index < -0.39 is 11.6 Å². The monoisotopic (exact) mass is 239 g/mol. The summed E-state index contributed by atoms with van der Waals surface area (Å²) < 4.78 is 26.7. The molecule has 0 bridgehead atoms. The number of nitrogens with zero attached hydrogens (tertiary/aromatic N) is 1. The normalized spacial score (nSPS) is 15.8. The zero-order valence-electron chi connectivity index (χ0n) is 9.30. The Morgan fingerprint density at radius 2 is 1.76 bits per heavy atom. The van der Waals surface area contributed by atoms with Crippen LogP contribution in [0, 0.1) is 18.6 Å². The smallest absolute Gasteiger partial charge is 0.229 e. The summed E-state index contributed by atoms with van der Waals surface area (Å²) in [7, 11) is 0. The van der Waals surface area contributed by atoms with E-state index in [2.05, 4.69) is 0 Å². The molecule has 1 heterocycles. The number of halogens is 2. The van der Waals surface area contributed by atoms with Gasteiger partial charge in [-0.3, -0.25) is 14.5 Å². The number of hydrogen-bond donors (Lipinski definition) is 0. The van der Waals surface area contributed by atoms with Crippen LogP contribution in [0.3, 0.4) is 0 Å². The molecular formula is C12H11F2NO2.